The van der Waals surface area contributed by atoms with Crippen molar-refractivity contribution in [3.63, 3.8) is 0 Å². The largest absolute Gasteiger partial charge is 0.465 e. The monoisotopic (exact) mass is 439 g/mol. The van der Waals surface area contributed by atoms with Gasteiger partial charge in [0.05, 0.1) is 17.4 Å². The van der Waals surface area contributed by atoms with E-state index in [0.717, 1.165) is 0 Å². The van der Waals surface area contributed by atoms with E-state index in [1.54, 1.807) is 24.3 Å². The molecule has 1 aromatic carbocycles. The van der Waals surface area contributed by atoms with Crippen LogP contribution in [0.4, 0.5) is 16.3 Å². The summed E-state index contributed by atoms with van der Waals surface area (Å²) in [5.74, 6) is -0.0837. The van der Waals surface area contributed by atoms with Crippen molar-refractivity contribution in [2.45, 2.75) is 20.8 Å². The molecule has 0 fully saturated rings. The molecule has 29 heavy (non-hydrogen) atoms. The highest BCUT2D eigenvalue weighted by Gasteiger charge is 2.20. The van der Waals surface area contributed by atoms with Gasteiger partial charge in [0, 0.05) is 19.6 Å². The summed E-state index contributed by atoms with van der Waals surface area (Å²) in [6.07, 6.45) is 0.337. The van der Waals surface area contributed by atoms with E-state index in [4.69, 9.17) is 23.2 Å². The van der Waals surface area contributed by atoms with Crippen molar-refractivity contribution in [1.82, 2.24) is 20.2 Å². The first kappa shape index (κ1) is 22.7. The normalized spacial score (nSPS) is 11.1. The first-order valence-corrected chi connectivity index (χ1v) is 9.62. The Hall–Kier alpha value is -2.58. The van der Waals surface area contributed by atoms with Crippen LogP contribution in [0, 0.1) is 5.41 Å². The lowest BCUT2D eigenvalue weighted by molar-refractivity contribution is 0.0938. The van der Waals surface area contributed by atoms with Crippen molar-refractivity contribution in [2.75, 3.05) is 25.0 Å². The van der Waals surface area contributed by atoms with Crippen molar-refractivity contribution in [3.8, 4) is 0 Å². The van der Waals surface area contributed by atoms with E-state index in [2.05, 4.69) is 20.6 Å². The lowest BCUT2D eigenvalue weighted by atomic mass is 9.96. The number of para-hydroxylation sites is 1. The molecule has 2 rings (SSSR count). The fourth-order valence-electron chi connectivity index (χ4n) is 2.57. The summed E-state index contributed by atoms with van der Waals surface area (Å²) in [6.45, 7) is 6.58. The molecule has 0 saturated heterocycles. The molecular weight excluding hydrogens is 417 g/mol. The van der Waals surface area contributed by atoms with Crippen molar-refractivity contribution in [1.29, 1.82) is 0 Å². The van der Waals surface area contributed by atoms with Crippen molar-refractivity contribution >= 4 is 46.7 Å². The summed E-state index contributed by atoms with van der Waals surface area (Å²) in [4.78, 5) is 33.1. The molecule has 10 heteroatoms. The van der Waals surface area contributed by atoms with Crippen LogP contribution >= 0.6 is 23.2 Å². The third-order valence-electron chi connectivity index (χ3n) is 3.74. The maximum atomic E-state index is 12.6. The van der Waals surface area contributed by atoms with E-state index >= 15 is 0 Å². The topological polar surface area (TPSA) is 107 Å². The molecule has 156 valence electrons. The number of hydrogen-bond acceptors (Lipinski definition) is 5. The number of halogens is 2. The molecule has 3 N–H and O–H groups in total. The van der Waals surface area contributed by atoms with E-state index in [1.165, 1.54) is 11.1 Å². The molecule has 0 atom stereocenters. The number of carbonyl (C=O) groups excluding carboxylic acids is 1. The highest BCUT2D eigenvalue weighted by molar-refractivity contribution is 6.33. The van der Waals surface area contributed by atoms with Gasteiger partial charge in [-0.15, -0.1) is 0 Å². The zero-order valence-corrected chi connectivity index (χ0v) is 17.9. The third-order valence-corrected chi connectivity index (χ3v) is 4.20. The highest BCUT2D eigenvalue weighted by Crippen LogP contribution is 2.25. The molecule has 0 aliphatic heterocycles. The number of benzene rings is 1. The highest BCUT2D eigenvalue weighted by atomic mass is 35.5. The number of aromatic nitrogens is 2. The summed E-state index contributed by atoms with van der Waals surface area (Å²) in [5.41, 5.74) is 0.652. The number of anilines is 2. The predicted molar refractivity (Wildman–Crippen MR) is 113 cm³/mol. The van der Waals surface area contributed by atoms with Crippen LogP contribution in [0.3, 0.4) is 0 Å². The third kappa shape index (κ3) is 7.07. The molecule has 1 aromatic heterocycles. The number of nitrogens with zero attached hydrogens (tertiary/aromatic N) is 3. The number of rotatable bonds is 7. The minimum Gasteiger partial charge on any atom is -0.465 e. The molecule has 0 unspecified atom stereocenters. The van der Waals surface area contributed by atoms with Gasteiger partial charge in [0.1, 0.15) is 5.02 Å². The molecule has 0 spiro atoms. The number of amides is 2. The van der Waals surface area contributed by atoms with Crippen molar-refractivity contribution < 1.29 is 14.7 Å². The Bertz CT molecular complexity index is 886. The number of carboxylic acid groups (broad SMARTS) is 1. The van der Waals surface area contributed by atoms with Gasteiger partial charge in [0.2, 0.25) is 5.28 Å². The second-order valence-electron chi connectivity index (χ2n) is 7.53. The Morgan fingerprint density at radius 2 is 1.90 bits per heavy atom. The van der Waals surface area contributed by atoms with Gasteiger partial charge in [-0.1, -0.05) is 44.5 Å². The summed E-state index contributed by atoms with van der Waals surface area (Å²) < 4.78 is 0. The Labute approximate surface area is 179 Å². The van der Waals surface area contributed by atoms with E-state index < -0.39 is 6.09 Å². The minimum absolute atomic E-state index is 0.0199. The summed E-state index contributed by atoms with van der Waals surface area (Å²) in [6, 6.07) is 6.81. The summed E-state index contributed by atoms with van der Waals surface area (Å²) >= 11 is 11.9. The second kappa shape index (κ2) is 9.76. The van der Waals surface area contributed by atoms with Gasteiger partial charge in [-0.3, -0.25) is 4.79 Å². The Morgan fingerprint density at radius 1 is 1.21 bits per heavy atom. The predicted octanol–water partition coefficient (Wildman–Crippen LogP) is 4.28. The molecule has 2 aromatic rings. The number of nitrogens with one attached hydrogen (secondary N) is 2. The van der Waals surface area contributed by atoms with Gasteiger partial charge in [-0.05, 0) is 29.1 Å². The van der Waals surface area contributed by atoms with Crippen LogP contribution in [0.5, 0.6) is 0 Å². The number of carbonyl (C=O) groups is 2. The standard InChI is InChI=1S/C19H23Cl2N5O3/c1-19(2,3)11-26(18(28)29)9-8-22-16(27)12-6-4-5-7-14(12)24-15-13(20)10-23-17(21)25-15/h4-7,10H,8-9,11H2,1-3H3,(H,22,27)(H,28,29)(H,23,24,25). The van der Waals surface area contributed by atoms with Crippen LogP contribution in [0.15, 0.2) is 30.5 Å². The average Bonchev–Trinajstić information content (AvgIpc) is 2.63. The zero-order chi connectivity index (χ0) is 21.6. The fraction of sp³-hybridized carbons (Fsp3) is 0.368. The van der Waals surface area contributed by atoms with Crippen molar-refractivity contribution in [2.24, 2.45) is 5.41 Å². The minimum atomic E-state index is -1.02. The SMILES string of the molecule is CC(C)(C)CN(CCNC(=O)c1ccccc1Nc1nc(Cl)ncc1Cl)C(=O)O. The lowest BCUT2D eigenvalue weighted by Gasteiger charge is -2.27. The van der Waals surface area contributed by atoms with E-state index in [9.17, 15) is 14.7 Å². The first-order chi connectivity index (χ1) is 13.6. The average molecular weight is 440 g/mol. The molecule has 0 aliphatic rings. The molecule has 0 aliphatic carbocycles. The van der Waals surface area contributed by atoms with Gasteiger partial charge >= 0.3 is 6.09 Å². The van der Waals surface area contributed by atoms with Crippen molar-refractivity contribution in [3.05, 3.63) is 46.3 Å². The Kier molecular flexibility index (Phi) is 7.64. The summed E-state index contributed by atoms with van der Waals surface area (Å²) in [5, 5.41) is 15.3. The first-order valence-electron chi connectivity index (χ1n) is 8.87. The van der Waals surface area contributed by atoms with Crippen LogP contribution in [-0.2, 0) is 0 Å². The van der Waals surface area contributed by atoms with Gasteiger partial charge in [0.15, 0.2) is 5.82 Å². The molecule has 2 amide bonds. The maximum absolute atomic E-state index is 12.6. The number of hydrogen-bond donors (Lipinski definition) is 3. The molecule has 1 heterocycles. The molecule has 0 radical (unpaired) electrons. The fourth-order valence-corrected chi connectivity index (χ4v) is 2.84. The van der Waals surface area contributed by atoms with Gasteiger partial charge in [-0.2, -0.15) is 4.98 Å². The van der Waals surface area contributed by atoms with E-state index in [1.807, 2.05) is 20.8 Å². The molecule has 0 saturated carbocycles. The van der Waals surface area contributed by atoms with E-state index in [-0.39, 0.29) is 40.5 Å². The van der Waals surface area contributed by atoms with Gasteiger partial charge < -0.3 is 20.6 Å². The second-order valence-corrected chi connectivity index (χ2v) is 8.27. The maximum Gasteiger partial charge on any atom is 0.407 e. The molecular formula is C19H23Cl2N5O3. The smallest absolute Gasteiger partial charge is 0.407 e. The van der Waals surface area contributed by atoms with Crippen LogP contribution < -0.4 is 10.6 Å². The zero-order valence-electron chi connectivity index (χ0n) is 16.4. The van der Waals surface area contributed by atoms with Crippen LogP contribution in [0.2, 0.25) is 10.3 Å². The van der Waals surface area contributed by atoms with E-state index in [0.29, 0.717) is 17.8 Å². The van der Waals surface area contributed by atoms with Gasteiger partial charge in [0.25, 0.3) is 5.91 Å². The van der Waals surface area contributed by atoms with Crippen LogP contribution in [-0.4, -0.2) is 51.6 Å². The quantitative estimate of drug-likeness (QED) is 0.555. The summed E-state index contributed by atoms with van der Waals surface area (Å²) in [7, 11) is 0. The van der Waals surface area contributed by atoms with Crippen LogP contribution in [0.1, 0.15) is 31.1 Å². The molecule has 0 bridgehead atoms. The lowest BCUT2D eigenvalue weighted by Crippen LogP contribution is -2.42. The van der Waals surface area contributed by atoms with Gasteiger partial charge in [-0.25, -0.2) is 9.78 Å². The Balaban J connectivity index is 2.06. The van der Waals surface area contributed by atoms with Crippen LogP contribution in [0.25, 0.3) is 0 Å². The molecule has 8 nitrogen and oxygen atoms in total. The Morgan fingerprint density at radius 3 is 2.55 bits per heavy atom.